The molecule has 1 heterocycles. The van der Waals surface area contributed by atoms with Gasteiger partial charge in [-0.2, -0.15) is 26.3 Å². The summed E-state index contributed by atoms with van der Waals surface area (Å²) in [7, 11) is 0. The maximum Gasteiger partial charge on any atom is 0.454 e. The monoisotopic (exact) mass is 336 g/mol. The molecular formula is C13H6F6N2O2. The maximum absolute atomic E-state index is 12.6. The lowest BCUT2D eigenvalue weighted by Gasteiger charge is -2.14. The molecule has 0 atom stereocenters. The molecule has 122 valence electrons. The summed E-state index contributed by atoms with van der Waals surface area (Å²) < 4.78 is 75.5. The van der Waals surface area contributed by atoms with Crippen LogP contribution in [0.4, 0.5) is 32.0 Å². The van der Waals surface area contributed by atoms with Gasteiger partial charge in [-0.3, -0.25) is 14.6 Å². The summed E-state index contributed by atoms with van der Waals surface area (Å²) >= 11 is 0. The number of hydrogen-bond donors (Lipinski definition) is 1. The van der Waals surface area contributed by atoms with E-state index in [1.165, 1.54) is 6.07 Å². The summed E-state index contributed by atoms with van der Waals surface area (Å²) in [4.78, 5) is 26.3. The van der Waals surface area contributed by atoms with E-state index >= 15 is 0 Å². The van der Waals surface area contributed by atoms with Crippen LogP contribution in [0.2, 0.25) is 0 Å². The number of rotatable bonds is 2. The molecule has 2 N–H and O–H groups in total. The van der Waals surface area contributed by atoms with E-state index in [2.05, 4.69) is 4.98 Å². The van der Waals surface area contributed by atoms with Gasteiger partial charge >= 0.3 is 12.4 Å². The average Bonchev–Trinajstić information content (AvgIpc) is 2.44. The van der Waals surface area contributed by atoms with Gasteiger partial charge in [-0.15, -0.1) is 0 Å². The lowest BCUT2D eigenvalue weighted by molar-refractivity contribution is -0.0886. The molecule has 0 bridgehead atoms. The van der Waals surface area contributed by atoms with Crippen LogP contribution in [0.25, 0.3) is 10.9 Å². The maximum atomic E-state index is 12.6. The third kappa shape index (κ3) is 2.96. The Balaban J connectivity index is 2.85. The first-order valence-electron chi connectivity index (χ1n) is 5.85. The number of nitrogens with zero attached hydrogens (tertiary/aromatic N) is 1. The molecule has 2 rings (SSSR count). The molecule has 23 heavy (non-hydrogen) atoms. The van der Waals surface area contributed by atoms with Crippen molar-refractivity contribution in [2.75, 3.05) is 5.73 Å². The Morgan fingerprint density at radius 1 is 0.957 bits per heavy atom. The number of anilines is 1. The molecule has 0 amide bonds. The summed E-state index contributed by atoms with van der Waals surface area (Å²) in [6.45, 7) is 0. The van der Waals surface area contributed by atoms with Crippen LogP contribution in [0.5, 0.6) is 0 Å². The van der Waals surface area contributed by atoms with Gasteiger partial charge in [0, 0.05) is 17.1 Å². The summed E-state index contributed by atoms with van der Waals surface area (Å²) in [6.07, 6.45) is -9.64. The number of nitrogens with two attached hydrogens (primary N) is 1. The number of pyridine rings is 1. The van der Waals surface area contributed by atoms with Gasteiger partial charge < -0.3 is 5.73 Å². The third-order valence-corrected chi connectivity index (χ3v) is 2.94. The van der Waals surface area contributed by atoms with Crippen LogP contribution in [0.15, 0.2) is 24.4 Å². The fourth-order valence-electron chi connectivity index (χ4n) is 1.95. The van der Waals surface area contributed by atoms with E-state index in [4.69, 9.17) is 5.73 Å². The zero-order chi connectivity index (χ0) is 17.6. The number of fused-ring (bicyclic) bond motifs is 1. The smallest absolute Gasteiger partial charge is 0.396 e. The normalized spacial score (nSPS) is 12.4. The zero-order valence-corrected chi connectivity index (χ0v) is 10.9. The predicted molar refractivity (Wildman–Crippen MR) is 66.9 cm³/mol. The minimum absolute atomic E-state index is 0.199. The first kappa shape index (κ1) is 16.7. The lowest BCUT2D eigenvalue weighted by atomic mass is 9.96. The second-order valence-electron chi connectivity index (χ2n) is 4.44. The Hall–Kier alpha value is -2.65. The quantitative estimate of drug-likeness (QED) is 0.519. The number of alkyl halides is 6. The molecule has 0 aliphatic rings. The number of carbonyl (C=O) groups is 2. The minimum Gasteiger partial charge on any atom is -0.396 e. The Kier molecular flexibility index (Phi) is 3.79. The summed E-state index contributed by atoms with van der Waals surface area (Å²) in [5.41, 5.74) is 1.80. The fraction of sp³-hybridized carbons (Fsp3) is 0.154. The van der Waals surface area contributed by atoms with Crippen molar-refractivity contribution in [3.63, 3.8) is 0 Å². The Bertz CT molecular complexity index is 810. The van der Waals surface area contributed by atoms with Gasteiger partial charge in [0.1, 0.15) is 0 Å². The molecule has 2 aromatic rings. The third-order valence-electron chi connectivity index (χ3n) is 2.94. The van der Waals surface area contributed by atoms with Crippen molar-refractivity contribution < 1.29 is 35.9 Å². The standard InChI is InChI=1S/C13H6F6N2O2/c14-12(15,16)10(22)6-4-7(11(23)13(17,18)19)8(20)9-5(6)2-1-3-21-9/h1-4H,20H2. The van der Waals surface area contributed by atoms with Crippen LogP contribution in [-0.4, -0.2) is 28.9 Å². The second-order valence-corrected chi connectivity index (χ2v) is 4.44. The van der Waals surface area contributed by atoms with Crippen LogP contribution < -0.4 is 5.73 Å². The van der Waals surface area contributed by atoms with E-state index in [9.17, 15) is 35.9 Å². The Morgan fingerprint density at radius 3 is 2.00 bits per heavy atom. The molecule has 0 unspecified atom stereocenters. The molecule has 1 aromatic heterocycles. The molecule has 0 saturated carbocycles. The second kappa shape index (κ2) is 5.21. The van der Waals surface area contributed by atoms with Crippen molar-refractivity contribution in [1.29, 1.82) is 0 Å². The number of hydrogen-bond acceptors (Lipinski definition) is 4. The molecule has 1 aromatic carbocycles. The number of nitrogen functional groups attached to an aromatic ring is 1. The highest BCUT2D eigenvalue weighted by atomic mass is 19.4. The fourth-order valence-corrected chi connectivity index (χ4v) is 1.95. The SMILES string of the molecule is Nc1c(C(=O)C(F)(F)F)cc(C(=O)C(F)(F)F)c2cccnc12. The van der Waals surface area contributed by atoms with Crippen molar-refractivity contribution in [3.05, 3.63) is 35.5 Å². The van der Waals surface area contributed by atoms with Crippen molar-refractivity contribution >= 4 is 28.2 Å². The van der Waals surface area contributed by atoms with Gasteiger partial charge in [0.05, 0.1) is 16.8 Å². The highest BCUT2D eigenvalue weighted by Crippen LogP contribution is 2.34. The number of benzene rings is 1. The van der Waals surface area contributed by atoms with E-state index < -0.39 is 51.6 Å². The van der Waals surface area contributed by atoms with E-state index in [0.717, 1.165) is 12.3 Å². The molecule has 0 aliphatic carbocycles. The van der Waals surface area contributed by atoms with E-state index in [0.29, 0.717) is 0 Å². The van der Waals surface area contributed by atoms with E-state index in [1.54, 1.807) is 0 Å². The number of carbonyl (C=O) groups excluding carboxylic acids is 2. The van der Waals surface area contributed by atoms with Gasteiger partial charge in [0.15, 0.2) is 0 Å². The van der Waals surface area contributed by atoms with E-state index in [1.807, 2.05) is 0 Å². The largest absolute Gasteiger partial charge is 0.454 e. The molecule has 0 aliphatic heterocycles. The minimum atomic E-state index is -5.37. The van der Waals surface area contributed by atoms with Crippen LogP contribution in [0.1, 0.15) is 20.7 Å². The molecule has 0 saturated heterocycles. The topological polar surface area (TPSA) is 73.1 Å². The number of Topliss-reactive ketones (excluding diaryl/α,β-unsaturated/α-hetero) is 2. The lowest BCUT2D eigenvalue weighted by Crippen LogP contribution is -2.27. The van der Waals surface area contributed by atoms with Crippen molar-refractivity contribution in [3.8, 4) is 0 Å². The Labute approximate surface area is 123 Å². The molecule has 0 spiro atoms. The van der Waals surface area contributed by atoms with Gasteiger partial charge in [0.2, 0.25) is 0 Å². The first-order valence-corrected chi connectivity index (χ1v) is 5.85. The highest BCUT2D eigenvalue weighted by molar-refractivity contribution is 6.17. The van der Waals surface area contributed by atoms with E-state index in [-0.39, 0.29) is 6.07 Å². The van der Waals surface area contributed by atoms with Crippen LogP contribution >= 0.6 is 0 Å². The first-order chi connectivity index (χ1) is 10.4. The molecule has 4 nitrogen and oxygen atoms in total. The Morgan fingerprint density at radius 2 is 1.48 bits per heavy atom. The number of halogens is 6. The molecule has 0 radical (unpaired) electrons. The van der Waals surface area contributed by atoms with Gasteiger partial charge in [0.25, 0.3) is 11.6 Å². The molecule has 10 heteroatoms. The van der Waals surface area contributed by atoms with Crippen molar-refractivity contribution in [1.82, 2.24) is 4.98 Å². The summed E-state index contributed by atoms with van der Waals surface area (Å²) in [5.74, 6) is -4.86. The number of aromatic nitrogens is 1. The highest BCUT2D eigenvalue weighted by Gasteiger charge is 2.44. The van der Waals surface area contributed by atoms with Gasteiger partial charge in [-0.1, -0.05) is 6.07 Å². The van der Waals surface area contributed by atoms with Crippen molar-refractivity contribution in [2.24, 2.45) is 0 Å². The average molecular weight is 336 g/mol. The molecular weight excluding hydrogens is 330 g/mol. The molecule has 0 fully saturated rings. The predicted octanol–water partition coefficient (Wildman–Crippen LogP) is 3.31. The summed E-state index contributed by atoms with van der Waals surface area (Å²) in [6, 6.07) is 2.42. The summed E-state index contributed by atoms with van der Waals surface area (Å²) in [5, 5.41) is -0.397. The van der Waals surface area contributed by atoms with Crippen LogP contribution in [0, 0.1) is 0 Å². The van der Waals surface area contributed by atoms with Crippen LogP contribution in [-0.2, 0) is 0 Å². The van der Waals surface area contributed by atoms with Gasteiger partial charge in [-0.25, -0.2) is 0 Å². The zero-order valence-electron chi connectivity index (χ0n) is 10.9. The number of ketones is 2. The van der Waals surface area contributed by atoms with Gasteiger partial charge in [-0.05, 0) is 12.1 Å². The van der Waals surface area contributed by atoms with Crippen LogP contribution in [0.3, 0.4) is 0 Å². The van der Waals surface area contributed by atoms with Crippen molar-refractivity contribution in [2.45, 2.75) is 12.4 Å².